The van der Waals surface area contributed by atoms with E-state index in [4.69, 9.17) is 10.1 Å². The number of nitriles is 1. The van der Waals surface area contributed by atoms with Crippen molar-refractivity contribution in [1.82, 2.24) is 5.06 Å². The number of nitrogens with one attached hydrogen (secondary N) is 1. The molecule has 0 radical (unpaired) electrons. The third-order valence-corrected chi connectivity index (χ3v) is 4.63. The highest BCUT2D eigenvalue weighted by atomic mass is 32.2. The lowest BCUT2D eigenvalue weighted by molar-refractivity contribution is -0.0756. The van der Waals surface area contributed by atoms with E-state index in [9.17, 15) is 13.2 Å². The molecule has 24 heavy (non-hydrogen) atoms. The lowest BCUT2D eigenvalue weighted by Gasteiger charge is -2.14. The summed E-state index contributed by atoms with van der Waals surface area (Å²) in [6.07, 6.45) is 0. The molecule has 0 aliphatic rings. The number of hydroxylamine groups is 2. The number of amides is 1. The Morgan fingerprint density at radius 1 is 1.12 bits per heavy atom. The molecule has 7 nitrogen and oxygen atoms in total. The van der Waals surface area contributed by atoms with Crippen molar-refractivity contribution in [2.45, 2.75) is 4.90 Å². The van der Waals surface area contributed by atoms with Gasteiger partial charge in [0.05, 0.1) is 23.6 Å². The first kappa shape index (κ1) is 17.5. The van der Waals surface area contributed by atoms with Gasteiger partial charge < -0.3 is 0 Å². The molecule has 0 spiro atoms. The van der Waals surface area contributed by atoms with E-state index in [-0.39, 0.29) is 10.8 Å². The summed E-state index contributed by atoms with van der Waals surface area (Å²) in [7, 11) is -0.923. The second-order valence-corrected chi connectivity index (χ2v) is 6.49. The Bertz CT molecular complexity index is 869. The fourth-order valence-electron chi connectivity index (χ4n) is 1.87. The molecule has 124 valence electrons. The zero-order valence-corrected chi connectivity index (χ0v) is 13.9. The van der Waals surface area contributed by atoms with E-state index in [0.717, 1.165) is 5.06 Å². The van der Waals surface area contributed by atoms with Crippen molar-refractivity contribution in [3.63, 3.8) is 0 Å². The zero-order chi connectivity index (χ0) is 17.7. The monoisotopic (exact) mass is 345 g/mol. The van der Waals surface area contributed by atoms with Crippen LogP contribution in [0, 0.1) is 11.3 Å². The van der Waals surface area contributed by atoms with Crippen molar-refractivity contribution in [3.05, 3.63) is 59.7 Å². The van der Waals surface area contributed by atoms with Crippen LogP contribution in [-0.4, -0.2) is 33.5 Å². The maximum Gasteiger partial charge on any atom is 0.277 e. The summed E-state index contributed by atoms with van der Waals surface area (Å²) >= 11 is 0. The number of anilines is 1. The number of nitrogens with zero attached hydrogens (tertiary/aromatic N) is 2. The molecular weight excluding hydrogens is 330 g/mol. The third kappa shape index (κ3) is 3.90. The Labute approximate surface area is 140 Å². The molecule has 0 atom stereocenters. The summed E-state index contributed by atoms with van der Waals surface area (Å²) < 4.78 is 27.0. The van der Waals surface area contributed by atoms with Gasteiger partial charge in [-0.2, -0.15) is 5.26 Å². The van der Waals surface area contributed by atoms with Crippen LogP contribution in [-0.2, 0) is 14.9 Å². The van der Waals surface area contributed by atoms with E-state index in [1.54, 1.807) is 0 Å². The molecular formula is C16H15N3O4S. The van der Waals surface area contributed by atoms with Crippen LogP contribution in [0.25, 0.3) is 0 Å². The standard InChI is InChI=1S/C16H15N3O4S/c1-19(23-2)16(20)13-5-7-14(8-6-13)18-24(21,22)15-9-3-12(11-17)4-10-15/h3-10,18H,1-2H3. The molecule has 2 rings (SSSR count). The van der Waals surface area contributed by atoms with Crippen LogP contribution < -0.4 is 4.72 Å². The summed E-state index contributed by atoms with van der Waals surface area (Å²) in [6.45, 7) is 0. The quantitative estimate of drug-likeness (QED) is 0.836. The fraction of sp³-hybridized carbons (Fsp3) is 0.125. The Morgan fingerprint density at radius 3 is 2.21 bits per heavy atom. The molecule has 1 N–H and O–H groups in total. The first-order valence-electron chi connectivity index (χ1n) is 6.82. The summed E-state index contributed by atoms with van der Waals surface area (Å²) in [5.41, 5.74) is 1.05. The van der Waals surface area contributed by atoms with Gasteiger partial charge in [0.1, 0.15) is 0 Å². The highest BCUT2D eigenvalue weighted by Gasteiger charge is 2.15. The van der Waals surface area contributed by atoms with Gasteiger partial charge in [0, 0.05) is 18.3 Å². The number of carbonyl (C=O) groups is 1. The van der Waals surface area contributed by atoms with Crippen LogP contribution in [0.15, 0.2) is 53.4 Å². The topological polar surface area (TPSA) is 99.5 Å². The minimum Gasteiger partial charge on any atom is -0.280 e. The van der Waals surface area contributed by atoms with Crippen molar-refractivity contribution in [2.24, 2.45) is 0 Å². The second-order valence-electron chi connectivity index (χ2n) is 4.80. The van der Waals surface area contributed by atoms with Gasteiger partial charge in [-0.1, -0.05) is 0 Å². The number of hydrogen-bond donors (Lipinski definition) is 1. The number of carbonyl (C=O) groups excluding carboxylic acids is 1. The predicted octanol–water partition coefficient (Wildman–Crippen LogP) is 1.99. The average molecular weight is 345 g/mol. The van der Waals surface area contributed by atoms with Gasteiger partial charge in [-0.05, 0) is 48.5 Å². The van der Waals surface area contributed by atoms with E-state index in [1.807, 2.05) is 6.07 Å². The second kappa shape index (κ2) is 7.12. The normalized spacial score (nSPS) is 10.7. The van der Waals surface area contributed by atoms with E-state index in [2.05, 4.69) is 4.72 Å². The molecule has 0 saturated carbocycles. The van der Waals surface area contributed by atoms with Crippen molar-refractivity contribution in [3.8, 4) is 6.07 Å². The summed E-state index contributed by atoms with van der Waals surface area (Å²) in [5.74, 6) is -0.348. The van der Waals surface area contributed by atoms with Gasteiger partial charge in [-0.15, -0.1) is 0 Å². The molecule has 0 aliphatic carbocycles. The maximum absolute atomic E-state index is 12.3. The fourth-order valence-corrected chi connectivity index (χ4v) is 2.93. The van der Waals surface area contributed by atoms with Crippen LogP contribution in [0.4, 0.5) is 5.69 Å². The molecule has 0 bridgehead atoms. The third-order valence-electron chi connectivity index (χ3n) is 3.24. The number of rotatable bonds is 5. The van der Waals surface area contributed by atoms with Crippen molar-refractivity contribution in [2.75, 3.05) is 18.9 Å². The highest BCUT2D eigenvalue weighted by Crippen LogP contribution is 2.17. The molecule has 0 unspecified atom stereocenters. The van der Waals surface area contributed by atoms with E-state index in [0.29, 0.717) is 16.8 Å². The van der Waals surface area contributed by atoms with Gasteiger partial charge in [0.15, 0.2) is 0 Å². The Morgan fingerprint density at radius 2 is 1.71 bits per heavy atom. The van der Waals surface area contributed by atoms with Crippen LogP contribution in [0.5, 0.6) is 0 Å². The Kier molecular flexibility index (Phi) is 5.18. The molecule has 8 heteroatoms. The van der Waals surface area contributed by atoms with Crippen LogP contribution in [0.2, 0.25) is 0 Å². The van der Waals surface area contributed by atoms with Crippen LogP contribution in [0.3, 0.4) is 0 Å². The molecule has 0 saturated heterocycles. The lowest BCUT2D eigenvalue weighted by atomic mass is 10.2. The number of benzene rings is 2. The van der Waals surface area contributed by atoms with Gasteiger partial charge in [-0.25, -0.2) is 13.5 Å². The van der Waals surface area contributed by atoms with Gasteiger partial charge in [0.2, 0.25) is 0 Å². The summed E-state index contributed by atoms with van der Waals surface area (Å²) in [6, 6.07) is 13.4. The first-order chi connectivity index (χ1) is 11.4. The minimum absolute atomic E-state index is 0.0424. The summed E-state index contributed by atoms with van der Waals surface area (Å²) in [5, 5.41) is 9.80. The van der Waals surface area contributed by atoms with E-state index >= 15 is 0 Å². The molecule has 0 aromatic heterocycles. The molecule has 1 amide bonds. The molecule has 0 fully saturated rings. The summed E-state index contributed by atoms with van der Waals surface area (Å²) in [4.78, 5) is 16.7. The largest absolute Gasteiger partial charge is 0.280 e. The van der Waals surface area contributed by atoms with Crippen molar-refractivity contribution in [1.29, 1.82) is 5.26 Å². The van der Waals surface area contributed by atoms with E-state index in [1.165, 1.54) is 62.7 Å². The van der Waals surface area contributed by atoms with E-state index < -0.39 is 10.0 Å². The van der Waals surface area contributed by atoms with Gasteiger partial charge in [-0.3, -0.25) is 14.4 Å². The predicted molar refractivity (Wildman–Crippen MR) is 87.5 cm³/mol. The molecule has 2 aromatic carbocycles. The van der Waals surface area contributed by atoms with Crippen molar-refractivity contribution >= 4 is 21.6 Å². The maximum atomic E-state index is 12.3. The van der Waals surface area contributed by atoms with Crippen LogP contribution >= 0.6 is 0 Å². The Hall–Kier alpha value is -2.89. The van der Waals surface area contributed by atoms with Gasteiger partial charge >= 0.3 is 0 Å². The smallest absolute Gasteiger partial charge is 0.277 e. The number of sulfonamides is 1. The SMILES string of the molecule is CON(C)C(=O)c1ccc(NS(=O)(=O)c2ccc(C#N)cc2)cc1. The Balaban J connectivity index is 2.18. The lowest BCUT2D eigenvalue weighted by Crippen LogP contribution is -2.25. The molecule has 0 aliphatic heterocycles. The highest BCUT2D eigenvalue weighted by molar-refractivity contribution is 7.92. The van der Waals surface area contributed by atoms with Crippen molar-refractivity contribution < 1.29 is 18.0 Å². The van der Waals surface area contributed by atoms with Gasteiger partial charge in [0.25, 0.3) is 15.9 Å². The average Bonchev–Trinajstić information content (AvgIpc) is 2.60. The zero-order valence-electron chi connectivity index (χ0n) is 13.1. The minimum atomic E-state index is -3.77. The molecule has 2 aromatic rings. The first-order valence-corrected chi connectivity index (χ1v) is 8.31. The van der Waals surface area contributed by atoms with Crippen LogP contribution in [0.1, 0.15) is 15.9 Å². The number of hydrogen-bond acceptors (Lipinski definition) is 5. The molecule has 0 heterocycles.